The third kappa shape index (κ3) is 1.48. The van der Waals surface area contributed by atoms with Gasteiger partial charge in [-0.1, -0.05) is 12.2 Å². The molecular weight excluding hydrogens is 186 g/mol. The first kappa shape index (κ1) is 8.45. The molecule has 0 atom stereocenters. The second kappa shape index (κ2) is 3.71. The van der Waals surface area contributed by atoms with Crippen LogP contribution in [0.15, 0.2) is 27.6 Å². The lowest BCUT2D eigenvalue weighted by Gasteiger charge is -2.02. The number of hydrogen-bond acceptors (Lipinski definition) is 3. The van der Waals surface area contributed by atoms with Gasteiger partial charge >= 0.3 is 0 Å². The fraction of sp³-hybridized carbons (Fsp3) is 0.444. The summed E-state index contributed by atoms with van der Waals surface area (Å²) in [6, 6.07) is 0. The molecule has 2 rings (SSSR count). The van der Waals surface area contributed by atoms with Gasteiger partial charge in [0, 0.05) is 22.8 Å². The fourth-order valence-electron chi connectivity index (χ4n) is 1.39. The van der Waals surface area contributed by atoms with Gasteiger partial charge in [0.05, 0.1) is 5.04 Å². The van der Waals surface area contributed by atoms with E-state index in [1.165, 1.54) is 21.3 Å². The summed E-state index contributed by atoms with van der Waals surface area (Å²) in [4.78, 5) is 5.89. The molecule has 1 nitrogen and oxygen atoms in total. The van der Waals surface area contributed by atoms with E-state index in [1.807, 2.05) is 23.5 Å². The average Bonchev–Trinajstić information content (AvgIpc) is 2.74. The molecule has 0 radical (unpaired) electrons. The molecule has 0 spiro atoms. The highest BCUT2D eigenvalue weighted by Gasteiger charge is 2.17. The first-order chi connectivity index (χ1) is 5.92. The van der Waals surface area contributed by atoms with Crippen molar-refractivity contribution in [1.82, 2.24) is 0 Å². The lowest BCUT2D eigenvalue weighted by Crippen LogP contribution is -1.93. The topological polar surface area (TPSA) is 12.4 Å². The number of hydrogen-bond donors (Lipinski definition) is 0. The predicted molar refractivity (Wildman–Crippen MR) is 59.1 cm³/mol. The molecule has 2 aliphatic rings. The van der Waals surface area contributed by atoms with E-state index in [4.69, 9.17) is 0 Å². The zero-order valence-corrected chi connectivity index (χ0v) is 8.67. The van der Waals surface area contributed by atoms with E-state index in [2.05, 4.69) is 23.4 Å². The number of rotatable bonds is 2. The largest absolute Gasteiger partial charge is 0.277 e. The Kier molecular flexibility index (Phi) is 2.61. The van der Waals surface area contributed by atoms with Crippen LogP contribution in [0.4, 0.5) is 0 Å². The number of nitrogens with zero attached hydrogens (tertiary/aromatic N) is 1. The molecule has 0 fully saturated rings. The van der Waals surface area contributed by atoms with Crippen molar-refractivity contribution in [1.29, 1.82) is 0 Å². The smallest absolute Gasteiger partial charge is 0.0951 e. The molecule has 64 valence electrons. The molecule has 1 aliphatic heterocycles. The SMILES string of the molecule is CSC1=C(C2=NCCS2)CC=C1. The van der Waals surface area contributed by atoms with Crippen molar-refractivity contribution in [2.45, 2.75) is 6.42 Å². The second-order valence-electron chi connectivity index (χ2n) is 2.69. The Morgan fingerprint density at radius 2 is 2.50 bits per heavy atom. The second-order valence-corrected chi connectivity index (χ2v) is 4.62. The third-order valence-corrected chi connectivity index (χ3v) is 3.81. The lowest BCUT2D eigenvalue weighted by molar-refractivity contribution is 1.17. The molecule has 0 aromatic heterocycles. The Bertz CT molecular complexity index is 276. The molecule has 0 aromatic carbocycles. The molecule has 12 heavy (non-hydrogen) atoms. The summed E-state index contributed by atoms with van der Waals surface area (Å²) in [6.45, 7) is 1.01. The van der Waals surface area contributed by atoms with Gasteiger partial charge in [-0.3, -0.25) is 4.99 Å². The zero-order valence-electron chi connectivity index (χ0n) is 7.04. The highest BCUT2D eigenvalue weighted by molar-refractivity contribution is 8.14. The summed E-state index contributed by atoms with van der Waals surface area (Å²) in [6.07, 6.45) is 7.65. The highest BCUT2D eigenvalue weighted by Crippen LogP contribution is 2.32. The molecule has 0 bridgehead atoms. The van der Waals surface area contributed by atoms with Gasteiger partial charge in [0.25, 0.3) is 0 Å². The van der Waals surface area contributed by atoms with Crippen LogP contribution in [-0.2, 0) is 0 Å². The number of allylic oxidation sites excluding steroid dienone is 2. The predicted octanol–water partition coefficient (Wildman–Crippen LogP) is 2.71. The van der Waals surface area contributed by atoms with Crippen molar-refractivity contribution in [3.63, 3.8) is 0 Å². The molecule has 3 heteroatoms. The summed E-state index contributed by atoms with van der Waals surface area (Å²) < 4.78 is 0. The van der Waals surface area contributed by atoms with Crippen molar-refractivity contribution >= 4 is 28.6 Å². The normalized spacial score (nSPS) is 22.2. The van der Waals surface area contributed by atoms with E-state index in [0.29, 0.717) is 0 Å². The molecule has 1 heterocycles. The van der Waals surface area contributed by atoms with E-state index in [-0.39, 0.29) is 0 Å². The number of thioether (sulfide) groups is 2. The summed E-state index contributed by atoms with van der Waals surface area (Å²) in [5, 5.41) is 1.28. The highest BCUT2D eigenvalue weighted by atomic mass is 32.2. The zero-order chi connectivity index (χ0) is 8.39. The van der Waals surface area contributed by atoms with Crippen LogP contribution < -0.4 is 0 Å². The molecule has 0 saturated carbocycles. The van der Waals surface area contributed by atoms with E-state index < -0.39 is 0 Å². The maximum atomic E-state index is 4.48. The van der Waals surface area contributed by atoms with E-state index in [1.54, 1.807) is 0 Å². The monoisotopic (exact) mass is 197 g/mol. The van der Waals surface area contributed by atoms with E-state index >= 15 is 0 Å². The van der Waals surface area contributed by atoms with Crippen molar-refractivity contribution < 1.29 is 0 Å². The van der Waals surface area contributed by atoms with Crippen molar-refractivity contribution in [2.75, 3.05) is 18.6 Å². The molecular formula is C9H11NS2. The minimum atomic E-state index is 1.01. The van der Waals surface area contributed by atoms with Gasteiger partial charge in [0.1, 0.15) is 0 Å². The van der Waals surface area contributed by atoms with Gasteiger partial charge in [0.15, 0.2) is 0 Å². The fourth-order valence-corrected chi connectivity index (χ4v) is 3.04. The minimum absolute atomic E-state index is 1.01. The van der Waals surface area contributed by atoms with Crippen LogP contribution in [0.2, 0.25) is 0 Å². The van der Waals surface area contributed by atoms with Crippen molar-refractivity contribution in [2.24, 2.45) is 4.99 Å². The lowest BCUT2D eigenvalue weighted by atomic mass is 10.2. The van der Waals surface area contributed by atoms with Gasteiger partial charge < -0.3 is 0 Å². The van der Waals surface area contributed by atoms with Gasteiger partial charge in [0.2, 0.25) is 0 Å². The molecule has 1 aliphatic carbocycles. The van der Waals surface area contributed by atoms with E-state index in [0.717, 1.165) is 13.0 Å². The molecule has 0 amide bonds. The molecule has 0 saturated heterocycles. The van der Waals surface area contributed by atoms with E-state index in [9.17, 15) is 0 Å². The van der Waals surface area contributed by atoms with Crippen LogP contribution in [-0.4, -0.2) is 23.6 Å². The quantitative estimate of drug-likeness (QED) is 0.675. The maximum absolute atomic E-state index is 4.48. The van der Waals surface area contributed by atoms with Crippen LogP contribution in [0.25, 0.3) is 0 Å². The Morgan fingerprint density at radius 1 is 1.58 bits per heavy atom. The summed E-state index contributed by atoms with van der Waals surface area (Å²) in [5.74, 6) is 1.17. The average molecular weight is 197 g/mol. The summed E-state index contributed by atoms with van der Waals surface area (Å²) in [7, 11) is 0. The Labute approximate surface area is 81.4 Å². The van der Waals surface area contributed by atoms with Gasteiger partial charge in [-0.05, 0) is 12.7 Å². The third-order valence-electron chi connectivity index (χ3n) is 1.95. The summed E-state index contributed by atoms with van der Waals surface area (Å²) in [5.41, 5.74) is 1.45. The van der Waals surface area contributed by atoms with Crippen molar-refractivity contribution in [3.05, 3.63) is 22.6 Å². The minimum Gasteiger partial charge on any atom is -0.277 e. The number of aliphatic imine (C=N–C) groups is 1. The molecule has 0 N–H and O–H groups in total. The standard InChI is InChI=1S/C9H11NS2/c1-11-8-4-2-3-7(8)9-10-5-6-12-9/h2,4H,3,5-6H2,1H3. The van der Waals surface area contributed by atoms with Gasteiger partial charge in [-0.2, -0.15) is 0 Å². The van der Waals surface area contributed by atoms with Crippen molar-refractivity contribution in [3.8, 4) is 0 Å². The first-order valence-electron chi connectivity index (χ1n) is 4.03. The Hall–Kier alpha value is -0.150. The van der Waals surface area contributed by atoms with Crippen LogP contribution in [0, 0.1) is 0 Å². The van der Waals surface area contributed by atoms with Gasteiger partial charge in [-0.25, -0.2) is 0 Å². The van der Waals surface area contributed by atoms with Crippen LogP contribution in [0.5, 0.6) is 0 Å². The van der Waals surface area contributed by atoms with Gasteiger partial charge in [-0.15, -0.1) is 23.5 Å². The van der Waals surface area contributed by atoms with Crippen LogP contribution in [0.1, 0.15) is 6.42 Å². The Balaban J connectivity index is 2.22. The molecule has 0 aromatic rings. The Morgan fingerprint density at radius 3 is 3.17 bits per heavy atom. The molecule has 0 unspecified atom stereocenters. The van der Waals surface area contributed by atoms with Crippen LogP contribution >= 0.6 is 23.5 Å². The first-order valence-corrected chi connectivity index (χ1v) is 6.24. The summed E-state index contributed by atoms with van der Waals surface area (Å²) >= 11 is 3.72. The van der Waals surface area contributed by atoms with Crippen LogP contribution in [0.3, 0.4) is 0 Å². The maximum Gasteiger partial charge on any atom is 0.0951 e.